The van der Waals surface area contributed by atoms with Gasteiger partial charge in [-0.25, -0.2) is 4.79 Å². The van der Waals surface area contributed by atoms with Gasteiger partial charge in [-0.15, -0.1) is 0 Å². The highest BCUT2D eigenvalue weighted by molar-refractivity contribution is 5.79. The van der Waals surface area contributed by atoms with Crippen molar-refractivity contribution < 1.29 is 20.1 Å². The molecule has 0 saturated heterocycles. The second-order valence-corrected chi connectivity index (χ2v) is 6.72. The zero-order valence-electron chi connectivity index (χ0n) is 15.6. The van der Waals surface area contributed by atoms with Crippen LogP contribution in [0.5, 0.6) is 11.5 Å². The van der Waals surface area contributed by atoms with Crippen LogP contribution in [0.15, 0.2) is 30.3 Å². The maximum absolute atomic E-state index is 11.2. The van der Waals surface area contributed by atoms with Gasteiger partial charge in [0.05, 0.1) is 12.1 Å². The molecule has 5 heteroatoms. The average molecular weight is 357 g/mol. The topological polar surface area (TPSA) is 81.0 Å². The van der Waals surface area contributed by atoms with Gasteiger partial charge in [0.1, 0.15) is 11.5 Å². The van der Waals surface area contributed by atoms with Crippen LogP contribution in [0, 0.1) is 6.92 Å². The van der Waals surface area contributed by atoms with E-state index in [1.807, 2.05) is 31.2 Å². The van der Waals surface area contributed by atoms with E-state index < -0.39 is 6.09 Å². The monoisotopic (exact) mass is 357 g/mol. The van der Waals surface area contributed by atoms with E-state index in [1.165, 1.54) is 7.05 Å². The normalized spacial score (nSPS) is 10.7. The van der Waals surface area contributed by atoms with Crippen LogP contribution in [-0.2, 0) is 13.0 Å². The SMILES string of the molecule is CCCCCc1cc(O)c(-c2cccc(C)c2)c(O)c1CN(C)C(=O)O. The molecule has 0 aliphatic rings. The average Bonchev–Trinajstić information content (AvgIpc) is 2.58. The first-order valence-corrected chi connectivity index (χ1v) is 8.92. The first-order valence-electron chi connectivity index (χ1n) is 8.92. The number of carboxylic acid groups (broad SMARTS) is 1. The maximum Gasteiger partial charge on any atom is 0.407 e. The summed E-state index contributed by atoms with van der Waals surface area (Å²) in [6.07, 6.45) is 2.64. The molecule has 0 fully saturated rings. The molecule has 1 amide bonds. The molecule has 2 aromatic carbocycles. The van der Waals surface area contributed by atoms with E-state index in [0.29, 0.717) is 23.1 Å². The Morgan fingerprint density at radius 1 is 1.15 bits per heavy atom. The lowest BCUT2D eigenvalue weighted by Crippen LogP contribution is -2.24. The van der Waals surface area contributed by atoms with Gasteiger partial charge in [0, 0.05) is 12.6 Å². The fourth-order valence-electron chi connectivity index (χ4n) is 3.10. The van der Waals surface area contributed by atoms with Crippen molar-refractivity contribution in [3.8, 4) is 22.6 Å². The third-order valence-corrected chi connectivity index (χ3v) is 4.56. The number of unbranched alkanes of at least 4 members (excludes halogenated alkanes) is 2. The number of nitrogens with zero attached hydrogens (tertiary/aromatic N) is 1. The zero-order valence-corrected chi connectivity index (χ0v) is 15.6. The summed E-state index contributed by atoms with van der Waals surface area (Å²) in [4.78, 5) is 12.4. The standard InChI is InChI=1S/C21H27NO4/c1-4-5-6-9-15-12-18(23)19(16-10-7-8-14(2)11-16)20(24)17(15)13-22(3)21(25)26/h7-8,10-12,23-24H,4-6,9,13H2,1-3H3,(H,25,26). The van der Waals surface area contributed by atoms with E-state index in [9.17, 15) is 20.1 Å². The van der Waals surface area contributed by atoms with Crippen LogP contribution in [0.2, 0.25) is 0 Å². The first-order chi connectivity index (χ1) is 12.3. The minimum absolute atomic E-state index is 0.0151. The van der Waals surface area contributed by atoms with E-state index in [0.717, 1.165) is 35.3 Å². The fourth-order valence-corrected chi connectivity index (χ4v) is 3.10. The van der Waals surface area contributed by atoms with Crippen LogP contribution in [0.4, 0.5) is 4.79 Å². The Balaban J connectivity index is 2.55. The van der Waals surface area contributed by atoms with Crippen molar-refractivity contribution in [3.05, 3.63) is 47.0 Å². The molecule has 0 bridgehead atoms. The number of hydrogen-bond donors (Lipinski definition) is 3. The maximum atomic E-state index is 11.2. The number of phenolic OH excluding ortho intramolecular Hbond substituents is 2. The van der Waals surface area contributed by atoms with Crippen molar-refractivity contribution in [2.45, 2.75) is 46.1 Å². The molecule has 0 atom stereocenters. The predicted molar refractivity (Wildman–Crippen MR) is 103 cm³/mol. The summed E-state index contributed by atoms with van der Waals surface area (Å²) >= 11 is 0. The number of rotatable bonds is 7. The van der Waals surface area contributed by atoms with Crippen molar-refractivity contribution in [1.29, 1.82) is 0 Å². The van der Waals surface area contributed by atoms with Crippen LogP contribution >= 0.6 is 0 Å². The molecule has 2 rings (SSSR count). The van der Waals surface area contributed by atoms with Crippen LogP contribution in [0.3, 0.4) is 0 Å². The van der Waals surface area contributed by atoms with Gasteiger partial charge in [-0.1, -0.05) is 49.6 Å². The highest BCUT2D eigenvalue weighted by Gasteiger charge is 2.21. The fraction of sp³-hybridized carbons (Fsp3) is 0.381. The van der Waals surface area contributed by atoms with Gasteiger partial charge in [0.15, 0.2) is 0 Å². The highest BCUT2D eigenvalue weighted by atomic mass is 16.4. The summed E-state index contributed by atoms with van der Waals surface area (Å²) < 4.78 is 0. The van der Waals surface area contributed by atoms with Gasteiger partial charge in [-0.05, 0) is 37.0 Å². The lowest BCUT2D eigenvalue weighted by molar-refractivity contribution is 0.153. The van der Waals surface area contributed by atoms with Crippen molar-refractivity contribution >= 4 is 6.09 Å². The van der Waals surface area contributed by atoms with Gasteiger partial charge in [0.2, 0.25) is 0 Å². The van der Waals surface area contributed by atoms with Gasteiger partial charge in [-0.2, -0.15) is 0 Å². The van der Waals surface area contributed by atoms with E-state index in [-0.39, 0.29) is 18.0 Å². The number of phenols is 2. The predicted octanol–water partition coefficient (Wildman–Crippen LogP) is 4.92. The number of aromatic hydroxyl groups is 2. The number of amides is 1. The Bertz CT molecular complexity index is 786. The molecule has 2 aromatic rings. The Morgan fingerprint density at radius 3 is 2.50 bits per heavy atom. The van der Waals surface area contributed by atoms with Gasteiger partial charge < -0.3 is 20.2 Å². The lowest BCUT2D eigenvalue weighted by Gasteiger charge is -2.20. The van der Waals surface area contributed by atoms with Gasteiger partial charge >= 0.3 is 6.09 Å². The largest absolute Gasteiger partial charge is 0.507 e. The molecule has 0 spiro atoms. The van der Waals surface area contributed by atoms with Gasteiger partial charge in [0.25, 0.3) is 0 Å². The van der Waals surface area contributed by atoms with Crippen LogP contribution in [0.25, 0.3) is 11.1 Å². The quantitative estimate of drug-likeness (QED) is 0.615. The molecule has 3 N–H and O–H groups in total. The molecule has 26 heavy (non-hydrogen) atoms. The molecular weight excluding hydrogens is 330 g/mol. The second kappa shape index (κ2) is 8.61. The van der Waals surface area contributed by atoms with Crippen molar-refractivity contribution in [2.24, 2.45) is 0 Å². The van der Waals surface area contributed by atoms with Gasteiger partial charge in [-0.3, -0.25) is 0 Å². The van der Waals surface area contributed by atoms with E-state index in [1.54, 1.807) is 6.07 Å². The minimum atomic E-state index is -1.06. The molecule has 0 saturated carbocycles. The van der Waals surface area contributed by atoms with E-state index in [2.05, 4.69) is 6.92 Å². The Labute approximate surface area is 154 Å². The summed E-state index contributed by atoms with van der Waals surface area (Å²) in [5.74, 6) is -0.0310. The minimum Gasteiger partial charge on any atom is -0.507 e. The summed E-state index contributed by atoms with van der Waals surface area (Å²) in [6, 6.07) is 9.18. The zero-order chi connectivity index (χ0) is 19.3. The van der Waals surface area contributed by atoms with Crippen LogP contribution in [0.1, 0.15) is 42.9 Å². The second-order valence-electron chi connectivity index (χ2n) is 6.72. The molecule has 0 aromatic heterocycles. The Kier molecular flexibility index (Phi) is 6.50. The smallest absolute Gasteiger partial charge is 0.407 e. The number of aryl methyl sites for hydroxylation is 2. The number of carbonyl (C=O) groups is 1. The van der Waals surface area contributed by atoms with Crippen molar-refractivity contribution in [1.82, 2.24) is 4.90 Å². The van der Waals surface area contributed by atoms with Crippen LogP contribution in [-0.4, -0.2) is 33.4 Å². The molecular formula is C21H27NO4. The number of benzene rings is 2. The first kappa shape index (κ1) is 19.6. The van der Waals surface area contributed by atoms with Crippen molar-refractivity contribution in [2.75, 3.05) is 7.05 Å². The van der Waals surface area contributed by atoms with E-state index in [4.69, 9.17) is 0 Å². The Morgan fingerprint density at radius 2 is 1.88 bits per heavy atom. The summed E-state index contributed by atoms with van der Waals surface area (Å²) in [6.45, 7) is 4.12. The molecule has 140 valence electrons. The summed E-state index contributed by atoms with van der Waals surface area (Å²) in [7, 11) is 1.47. The molecule has 0 unspecified atom stereocenters. The molecule has 0 heterocycles. The molecule has 0 radical (unpaired) electrons. The Hall–Kier alpha value is -2.69. The summed E-state index contributed by atoms with van der Waals surface area (Å²) in [5.41, 5.74) is 3.41. The number of hydrogen-bond acceptors (Lipinski definition) is 3. The van der Waals surface area contributed by atoms with Crippen LogP contribution < -0.4 is 0 Å². The third kappa shape index (κ3) is 4.48. The molecule has 0 aliphatic carbocycles. The molecule has 0 aliphatic heterocycles. The lowest BCUT2D eigenvalue weighted by atomic mass is 9.92. The molecule has 5 nitrogen and oxygen atoms in total. The summed E-state index contributed by atoms with van der Waals surface area (Å²) in [5, 5.41) is 30.7. The highest BCUT2D eigenvalue weighted by Crippen LogP contribution is 2.42. The van der Waals surface area contributed by atoms with Crippen molar-refractivity contribution in [3.63, 3.8) is 0 Å². The third-order valence-electron chi connectivity index (χ3n) is 4.56. The van der Waals surface area contributed by atoms with E-state index >= 15 is 0 Å².